The minimum absolute atomic E-state index is 0.0247. The Morgan fingerprint density at radius 2 is 1.88 bits per heavy atom. The largest absolute Gasteiger partial charge is 0.483 e. The highest BCUT2D eigenvalue weighted by Crippen LogP contribution is 2.21. The summed E-state index contributed by atoms with van der Waals surface area (Å²) in [6, 6.07) is 18.1. The number of amides is 1. The van der Waals surface area contributed by atoms with Crippen LogP contribution in [0, 0.1) is 0 Å². The number of nitrogens with zero attached hydrogens (tertiary/aromatic N) is 2. The molecule has 134 valence electrons. The third kappa shape index (κ3) is 5.48. The number of para-hydroxylation sites is 1. The number of aryl methyl sites for hydroxylation is 1. The summed E-state index contributed by atoms with van der Waals surface area (Å²) in [7, 11) is 0. The molecule has 0 fully saturated rings. The first-order valence-corrected chi connectivity index (χ1v) is 8.78. The number of rotatable bonds is 9. The molecular weight excluding hydrogens is 326 g/mol. The molecule has 5 nitrogen and oxygen atoms in total. The lowest BCUT2D eigenvalue weighted by atomic mass is 10.0. The molecular formula is C21H23N3O2. The van der Waals surface area contributed by atoms with Crippen molar-refractivity contribution in [2.24, 2.45) is 0 Å². The van der Waals surface area contributed by atoms with Gasteiger partial charge in [-0.15, -0.1) is 0 Å². The molecule has 0 atom stereocenters. The normalized spacial score (nSPS) is 10.5. The van der Waals surface area contributed by atoms with E-state index in [1.807, 2.05) is 53.2 Å². The molecule has 3 rings (SSSR count). The van der Waals surface area contributed by atoms with E-state index in [-0.39, 0.29) is 12.5 Å². The van der Waals surface area contributed by atoms with Crippen LogP contribution >= 0.6 is 0 Å². The standard InChI is InChI=1S/C21H23N3O2/c25-21(23-11-6-13-24-14-12-22-17-24)16-26-20-10-5-4-9-19(20)15-18-7-2-1-3-8-18/h1-5,7-10,12,14,17H,6,11,13,15-16H2,(H,23,25). The molecule has 1 heterocycles. The van der Waals surface area contributed by atoms with Crippen LogP contribution in [0.1, 0.15) is 17.5 Å². The molecule has 3 aromatic rings. The van der Waals surface area contributed by atoms with E-state index in [1.165, 1.54) is 5.56 Å². The van der Waals surface area contributed by atoms with Crippen LogP contribution in [0.3, 0.4) is 0 Å². The van der Waals surface area contributed by atoms with Crippen molar-refractivity contribution in [2.45, 2.75) is 19.4 Å². The van der Waals surface area contributed by atoms with Gasteiger partial charge in [0.2, 0.25) is 0 Å². The van der Waals surface area contributed by atoms with E-state index in [0.717, 1.165) is 30.7 Å². The van der Waals surface area contributed by atoms with Gasteiger partial charge < -0.3 is 14.6 Å². The van der Waals surface area contributed by atoms with Crippen LogP contribution in [-0.4, -0.2) is 28.6 Å². The van der Waals surface area contributed by atoms with Gasteiger partial charge in [-0.3, -0.25) is 4.79 Å². The van der Waals surface area contributed by atoms with Gasteiger partial charge in [-0.2, -0.15) is 0 Å². The zero-order chi connectivity index (χ0) is 18.0. The fraction of sp³-hybridized carbons (Fsp3) is 0.238. The van der Waals surface area contributed by atoms with Gasteiger partial charge in [-0.25, -0.2) is 4.98 Å². The Kier molecular flexibility index (Phi) is 6.42. The Morgan fingerprint density at radius 1 is 1.08 bits per heavy atom. The van der Waals surface area contributed by atoms with Crippen molar-refractivity contribution < 1.29 is 9.53 Å². The van der Waals surface area contributed by atoms with Crippen LogP contribution in [0.5, 0.6) is 5.75 Å². The fourth-order valence-electron chi connectivity index (χ4n) is 2.71. The van der Waals surface area contributed by atoms with Crippen molar-refractivity contribution >= 4 is 5.91 Å². The first kappa shape index (κ1) is 17.7. The summed E-state index contributed by atoms with van der Waals surface area (Å²) in [5.41, 5.74) is 2.29. The van der Waals surface area contributed by atoms with Gasteiger partial charge in [0.05, 0.1) is 6.33 Å². The van der Waals surface area contributed by atoms with Gasteiger partial charge >= 0.3 is 0 Å². The molecule has 1 N–H and O–H groups in total. The molecule has 0 saturated heterocycles. The van der Waals surface area contributed by atoms with E-state index >= 15 is 0 Å². The van der Waals surface area contributed by atoms with E-state index in [2.05, 4.69) is 22.4 Å². The smallest absolute Gasteiger partial charge is 0.257 e. The Hall–Kier alpha value is -3.08. The van der Waals surface area contributed by atoms with E-state index in [9.17, 15) is 4.79 Å². The van der Waals surface area contributed by atoms with Gasteiger partial charge in [0.25, 0.3) is 5.91 Å². The molecule has 0 unspecified atom stereocenters. The van der Waals surface area contributed by atoms with Gasteiger partial charge in [0.15, 0.2) is 6.61 Å². The Balaban J connectivity index is 1.44. The highest BCUT2D eigenvalue weighted by molar-refractivity contribution is 5.77. The molecule has 0 bridgehead atoms. The topological polar surface area (TPSA) is 56.1 Å². The maximum Gasteiger partial charge on any atom is 0.257 e. The van der Waals surface area contributed by atoms with E-state index in [1.54, 1.807) is 12.5 Å². The van der Waals surface area contributed by atoms with E-state index < -0.39 is 0 Å². The second-order valence-electron chi connectivity index (χ2n) is 6.06. The van der Waals surface area contributed by atoms with Crippen molar-refractivity contribution in [3.8, 4) is 5.75 Å². The number of nitrogens with one attached hydrogen (secondary N) is 1. The number of carbonyl (C=O) groups is 1. The highest BCUT2D eigenvalue weighted by Gasteiger charge is 2.07. The SMILES string of the molecule is O=C(COc1ccccc1Cc1ccccc1)NCCCn1ccnc1. The zero-order valence-corrected chi connectivity index (χ0v) is 14.7. The van der Waals surface area contributed by atoms with Crippen LogP contribution in [0.25, 0.3) is 0 Å². The minimum atomic E-state index is -0.106. The van der Waals surface area contributed by atoms with Crippen molar-refractivity contribution in [2.75, 3.05) is 13.2 Å². The molecule has 0 saturated carbocycles. The van der Waals surface area contributed by atoms with Crippen molar-refractivity contribution in [1.82, 2.24) is 14.9 Å². The van der Waals surface area contributed by atoms with Gasteiger partial charge in [-0.05, 0) is 23.6 Å². The molecule has 1 aromatic heterocycles. The molecule has 5 heteroatoms. The van der Waals surface area contributed by atoms with Crippen molar-refractivity contribution in [1.29, 1.82) is 0 Å². The Morgan fingerprint density at radius 3 is 2.69 bits per heavy atom. The monoisotopic (exact) mass is 349 g/mol. The van der Waals surface area contributed by atoms with Crippen LogP contribution in [0.4, 0.5) is 0 Å². The number of imidazole rings is 1. The average Bonchev–Trinajstić information content (AvgIpc) is 3.19. The number of aromatic nitrogens is 2. The quantitative estimate of drug-likeness (QED) is 0.604. The maximum absolute atomic E-state index is 12.0. The summed E-state index contributed by atoms with van der Waals surface area (Å²) in [4.78, 5) is 16.0. The molecule has 0 spiro atoms. The van der Waals surface area contributed by atoms with Crippen LogP contribution in [-0.2, 0) is 17.8 Å². The molecule has 1 amide bonds. The number of ether oxygens (including phenoxy) is 1. The Labute approximate surface area is 153 Å². The summed E-state index contributed by atoms with van der Waals surface area (Å²) in [5.74, 6) is 0.648. The average molecular weight is 349 g/mol. The lowest BCUT2D eigenvalue weighted by Crippen LogP contribution is -2.30. The van der Waals surface area contributed by atoms with Crippen LogP contribution < -0.4 is 10.1 Å². The van der Waals surface area contributed by atoms with Crippen molar-refractivity contribution in [3.63, 3.8) is 0 Å². The first-order valence-electron chi connectivity index (χ1n) is 8.78. The van der Waals surface area contributed by atoms with Crippen molar-refractivity contribution in [3.05, 3.63) is 84.4 Å². The predicted molar refractivity (Wildman–Crippen MR) is 101 cm³/mol. The molecule has 0 aliphatic rings. The van der Waals surface area contributed by atoms with Gasteiger partial charge in [0.1, 0.15) is 5.75 Å². The second-order valence-corrected chi connectivity index (χ2v) is 6.06. The summed E-state index contributed by atoms with van der Waals surface area (Å²) in [5, 5.41) is 2.89. The third-order valence-electron chi connectivity index (χ3n) is 4.04. The predicted octanol–water partition coefficient (Wildman–Crippen LogP) is 3.06. The zero-order valence-electron chi connectivity index (χ0n) is 14.7. The van der Waals surface area contributed by atoms with Crippen LogP contribution in [0.15, 0.2) is 73.3 Å². The molecule has 0 aliphatic heterocycles. The highest BCUT2D eigenvalue weighted by atomic mass is 16.5. The van der Waals surface area contributed by atoms with E-state index in [0.29, 0.717) is 6.54 Å². The number of hydrogen-bond donors (Lipinski definition) is 1. The lowest BCUT2D eigenvalue weighted by molar-refractivity contribution is -0.123. The minimum Gasteiger partial charge on any atom is -0.483 e. The fourth-order valence-corrected chi connectivity index (χ4v) is 2.71. The second kappa shape index (κ2) is 9.42. The van der Waals surface area contributed by atoms with Gasteiger partial charge in [-0.1, -0.05) is 48.5 Å². The number of hydrogen-bond acceptors (Lipinski definition) is 3. The van der Waals surface area contributed by atoms with Crippen LogP contribution in [0.2, 0.25) is 0 Å². The number of benzene rings is 2. The summed E-state index contributed by atoms with van der Waals surface area (Å²) >= 11 is 0. The third-order valence-corrected chi connectivity index (χ3v) is 4.04. The summed E-state index contributed by atoms with van der Waals surface area (Å²) < 4.78 is 7.74. The Bertz CT molecular complexity index is 801. The summed E-state index contributed by atoms with van der Waals surface area (Å²) in [6.07, 6.45) is 7.07. The van der Waals surface area contributed by atoms with E-state index in [4.69, 9.17) is 4.74 Å². The first-order chi connectivity index (χ1) is 12.8. The lowest BCUT2D eigenvalue weighted by Gasteiger charge is -2.12. The summed E-state index contributed by atoms with van der Waals surface area (Å²) in [6.45, 7) is 1.48. The molecule has 0 radical (unpaired) electrons. The number of carbonyl (C=O) groups excluding carboxylic acids is 1. The molecule has 26 heavy (non-hydrogen) atoms. The molecule has 2 aromatic carbocycles. The van der Waals surface area contributed by atoms with Gasteiger partial charge in [0, 0.05) is 31.9 Å². The molecule has 0 aliphatic carbocycles. The maximum atomic E-state index is 12.0.